The first kappa shape index (κ1) is 9.48. The summed E-state index contributed by atoms with van der Waals surface area (Å²) in [6, 6.07) is 0.476. The van der Waals surface area contributed by atoms with Gasteiger partial charge in [-0.15, -0.1) is 0 Å². The number of hydrogen-bond donors (Lipinski definition) is 1. The first-order valence-corrected chi connectivity index (χ1v) is 4.30. The minimum Gasteiger partial charge on any atom is -0.468 e. The highest BCUT2D eigenvalue weighted by atomic mass is 16.5. The lowest BCUT2D eigenvalue weighted by atomic mass is 10.1. The molecule has 0 aromatic carbocycles. The molecular weight excluding hydrogens is 156 g/mol. The number of hydrogen-bond acceptors (Lipinski definition) is 4. The molecule has 1 aliphatic heterocycles. The average Bonchev–Trinajstić information content (AvgIpc) is 2.05. The Morgan fingerprint density at radius 2 is 2.58 bits per heavy atom. The van der Waals surface area contributed by atoms with Crippen LogP contribution >= 0.6 is 0 Å². The number of nitrogens with one attached hydrogen (secondary N) is 1. The van der Waals surface area contributed by atoms with Gasteiger partial charge in [-0.1, -0.05) is 0 Å². The maximum atomic E-state index is 9.86. The van der Waals surface area contributed by atoms with Gasteiger partial charge in [-0.25, -0.2) is 0 Å². The van der Waals surface area contributed by atoms with E-state index in [-0.39, 0.29) is 0 Å². The van der Waals surface area contributed by atoms with Crippen LogP contribution in [0.1, 0.15) is 6.42 Å². The van der Waals surface area contributed by atoms with Crippen molar-refractivity contribution in [2.75, 3.05) is 33.3 Å². The van der Waals surface area contributed by atoms with Gasteiger partial charge >= 0.3 is 0 Å². The predicted molar refractivity (Wildman–Crippen MR) is 45.9 cm³/mol. The van der Waals surface area contributed by atoms with E-state index in [1.54, 1.807) is 0 Å². The molecule has 0 aromatic heterocycles. The molecule has 4 nitrogen and oxygen atoms in total. The van der Waals surface area contributed by atoms with Crippen molar-refractivity contribution in [3.63, 3.8) is 0 Å². The van der Waals surface area contributed by atoms with E-state index in [1.165, 1.54) is 0 Å². The summed E-state index contributed by atoms with van der Waals surface area (Å²) in [4.78, 5) is 12.1. The van der Waals surface area contributed by atoms with E-state index >= 15 is 0 Å². The molecule has 12 heavy (non-hydrogen) atoms. The predicted octanol–water partition coefficient (Wildman–Crippen LogP) is -0.547. The first-order valence-electron chi connectivity index (χ1n) is 4.30. The van der Waals surface area contributed by atoms with Gasteiger partial charge in [0.2, 0.25) is 0 Å². The van der Waals surface area contributed by atoms with Crippen LogP contribution in [-0.2, 0) is 9.53 Å². The highest BCUT2D eigenvalue weighted by Crippen LogP contribution is 1.99. The topological polar surface area (TPSA) is 41.6 Å². The van der Waals surface area contributed by atoms with Crippen molar-refractivity contribution in [2.24, 2.45) is 0 Å². The highest BCUT2D eigenvalue weighted by Gasteiger charge is 2.15. The molecule has 1 rings (SSSR count). The zero-order chi connectivity index (χ0) is 8.81. The maximum absolute atomic E-state index is 9.86. The number of rotatable bonds is 4. The average molecular weight is 172 g/mol. The minimum absolute atomic E-state index is 0.476. The molecule has 1 heterocycles. The van der Waals surface area contributed by atoms with Crippen molar-refractivity contribution >= 4 is 6.47 Å². The van der Waals surface area contributed by atoms with Gasteiger partial charge in [0.05, 0.1) is 6.61 Å². The van der Waals surface area contributed by atoms with Crippen LogP contribution in [0.15, 0.2) is 0 Å². The normalized spacial score (nSPS) is 25.2. The van der Waals surface area contributed by atoms with Crippen molar-refractivity contribution in [1.29, 1.82) is 0 Å². The van der Waals surface area contributed by atoms with Crippen molar-refractivity contribution in [1.82, 2.24) is 10.2 Å². The van der Waals surface area contributed by atoms with Crippen molar-refractivity contribution in [3.8, 4) is 0 Å². The molecule has 0 saturated carbocycles. The van der Waals surface area contributed by atoms with Crippen molar-refractivity contribution in [2.45, 2.75) is 12.5 Å². The zero-order valence-electron chi connectivity index (χ0n) is 7.45. The van der Waals surface area contributed by atoms with Gasteiger partial charge in [-0.2, -0.15) is 0 Å². The molecular formula is C8H16N2O2. The van der Waals surface area contributed by atoms with E-state index in [1.807, 2.05) is 0 Å². The third-order valence-corrected chi connectivity index (χ3v) is 2.11. The second kappa shape index (κ2) is 5.11. The van der Waals surface area contributed by atoms with E-state index in [0.29, 0.717) is 19.1 Å². The summed E-state index contributed by atoms with van der Waals surface area (Å²) < 4.78 is 4.63. The van der Waals surface area contributed by atoms with Gasteiger partial charge in [0, 0.05) is 25.7 Å². The Balaban J connectivity index is 2.09. The van der Waals surface area contributed by atoms with Crippen LogP contribution in [0.4, 0.5) is 0 Å². The summed E-state index contributed by atoms with van der Waals surface area (Å²) in [6.45, 7) is 4.21. The van der Waals surface area contributed by atoms with Gasteiger partial charge in [-0.3, -0.25) is 4.79 Å². The Bertz CT molecular complexity index is 141. The monoisotopic (exact) mass is 172 g/mol. The fourth-order valence-corrected chi connectivity index (χ4v) is 1.44. The SMILES string of the molecule is CN1CCNC(CCOC=O)C1. The number of carbonyl (C=O) groups excluding carboxylic acids is 1. The second-order valence-electron chi connectivity index (χ2n) is 3.17. The standard InChI is InChI=1S/C8H16N2O2/c1-10-4-3-9-8(6-10)2-5-12-7-11/h7-9H,2-6H2,1H3. The third-order valence-electron chi connectivity index (χ3n) is 2.11. The Hall–Kier alpha value is -0.610. The fourth-order valence-electron chi connectivity index (χ4n) is 1.44. The minimum atomic E-state index is 0.476. The first-order chi connectivity index (χ1) is 5.83. The zero-order valence-corrected chi connectivity index (χ0v) is 7.45. The number of piperazine rings is 1. The molecule has 70 valence electrons. The van der Waals surface area contributed by atoms with Gasteiger partial charge in [0.25, 0.3) is 6.47 Å². The molecule has 1 saturated heterocycles. The highest BCUT2D eigenvalue weighted by molar-refractivity contribution is 5.36. The molecule has 0 radical (unpaired) electrons. The van der Waals surface area contributed by atoms with E-state index in [2.05, 4.69) is 22.0 Å². The van der Waals surface area contributed by atoms with E-state index in [0.717, 1.165) is 26.1 Å². The number of ether oxygens (including phenoxy) is 1. The van der Waals surface area contributed by atoms with E-state index < -0.39 is 0 Å². The Kier molecular flexibility index (Phi) is 4.04. The lowest BCUT2D eigenvalue weighted by Crippen LogP contribution is -2.49. The van der Waals surface area contributed by atoms with Gasteiger partial charge < -0.3 is 15.0 Å². The fraction of sp³-hybridized carbons (Fsp3) is 0.875. The van der Waals surface area contributed by atoms with Crippen LogP contribution < -0.4 is 5.32 Å². The summed E-state index contributed by atoms with van der Waals surface area (Å²) in [7, 11) is 2.11. The lowest BCUT2D eigenvalue weighted by Gasteiger charge is -2.30. The Labute approximate surface area is 72.9 Å². The molecule has 0 aliphatic carbocycles. The summed E-state index contributed by atoms with van der Waals surface area (Å²) in [5.41, 5.74) is 0. The van der Waals surface area contributed by atoms with Crippen LogP contribution in [0.5, 0.6) is 0 Å². The molecule has 1 atom stereocenters. The van der Waals surface area contributed by atoms with Gasteiger partial charge in [0.15, 0.2) is 0 Å². The largest absolute Gasteiger partial charge is 0.468 e. The Morgan fingerprint density at radius 3 is 3.25 bits per heavy atom. The molecule has 1 aliphatic rings. The summed E-state index contributed by atoms with van der Waals surface area (Å²) in [5.74, 6) is 0. The van der Waals surface area contributed by atoms with Crippen LogP contribution in [0.25, 0.3) is 0 Å². The number of likely N-dealkylation sites (N-methyl/N-ethyl adjacent to an activating group) is 1. The molecule has 1 fully saturated rings. The van der Waals surface area contributed by atoms with Gasteiger partial charge in [-0.05, 0) is 13.5 Å². The van der Waals surface area contributed by atoms with Crippen molar-refractivity contribution < 1.29 is 9.53 Å². The number of carbonyl (C=O) groups is 1. The summed E-state index contributed by atoms with van der Waals surface area (Å²) >= 11 is 0. The second-order valence-corrected chi connectivity index (χ2v) is 3.17. The van der Waals surface area contributed by atoms with Crippen LogP contribution in [0.2, 0.25) is 0 Å². The molecule has 0 aromatic rings. The molecule has 4 heteroatoms. The molecule has 1 N–H and O–H groups in total. The Morgan fingerprint density at radius 1 is 1.75 bits per heavy atom. The lowest BCUT2D eigenvalue weighted by molar-refractivity contribution is -0.128. The quantitative estimate of drug-likeness (QED) is 0.456. The van der Waals surface area contributed by atoms with Crippen LogP contribution in [0.3, 0.4) is 0 Å². The summed E-state index contributed by atoms with van der Waals surface area (Å²) in [6.07, 6.45) is 0.906. The summed E-state index contributed by atoms with van der Waals surface area (Å²) in [5, 5.41) is 3.37. The van der Waals surface area contributed by atoms with Gasteiger partial charge in [0.1, 0.15) is 0 Å². The van der Waals surface area contributed by atoms with E-state index in [4.69, 9.17) is 0 Å². The molecule has 1 unspecified atom stereocenters. The maximum Gasteiger partial charge on any atom is 0.293 e. The molecule has 0 bridgehead atoms. The molecule has 0 spiro atoms. The van der Waals surface area contributed by atoms with E-state index in [9.17, 15) is 4.79 Å². The van der Waals surface area contributed by atoms with Crippen molar-refractivity contribution in [3.05, 3.63) is 0 Å². The molecule has 0 amide bonds. The third kappa shape index (κ3) is 3.19. The van der Waals surface area contributed by atoms with Crippen LogP contribution in [0, 0.1) is 0 Å². The van der Waals surface area contributed by atoms with Crippen LogP contribution in [-0.4, -0.2) is 50.7 Å². The number of nitrogens with zero attached hydrogens (tertiary/aromatic N) is 1. The smallest absolute Gasteiger partial charge is 0.293 e.